The van der Waals surface area contributed by atoms with Crippen LogP contribution in [0.4, 0.5) is 8.78 Å². The Bertz CT molecular complexity index is 1090. The van der Waals surface area contributed by atoms with Crippen LogP contribution in [0.15, 0.2) is 48.7 Å². The number of aryl methyl sites for hydroxylation is 1. The lowest BCUT2D eigenvalue weighted by Crippen LogP contribution is -2.16. The van der Waals surface area contributed by atoms with Gasteiger partial charge in [0, 0.05) is 28.9 Å². The predicted molar refractivity (Wildman–Crippen MR) is 146 cm³/mol. The summed E-state index contributed by atoms with van der Waals surface area (Å²) in [4.78, 5) is 4.82. The highest BCUT2D eigenvalue weighted by Crippen LogP contribution is 2.40. The Morgan fingerprint density at radius 3 is 2.46 bits per heavy atom. The van der Waals surface area contributed by atoms with Crippen molar-refractivity contribution < 1.29 is 13.5 Å². The van der Waals surface area contributed by atoms with Gasteiger partial charge in [0.25, 0.3) is 0 Å². The normalized spacial score (nSPS) is 25.9. The van der Waals surface area contributed by atoms with E-state index in [-0.39, 0.29) is 6.10 Å². The first-order valence-corrected chi connectivity index (χ1v) is 14.5. The zero-order chi connectivity index (χ0) is 25.6. The molecule has 2 heterocycles. The lowest BCUT2D eigenvalue weighted by atomic mass is 9.76. The van der Waals surface area contributed by atoms with Gasteiger partial charge >= 0.3 is 0 Å². The molecule has 2 aromatic rings. The van der Waals surface area contributed by atoms with Gasteiger partial charge in [-0.15, -0.1) is 0 Å². The fraction of sp³-hybridized carbons (Fsp3) is 0.545. The highest BCUT2D eigenvalue weighted by atomic mass is 19.2. The second-order valence-corrected chi connectivity index (χ2v) is 11.4. The lowest BCUT2D eigenvalue weighted by Gasteiger charge is -2.30. The van der Waals surface area contributed by atoms with Gasteiger partial charge in [0.05, 0.1) is 6.61 Å². The van der Waals surface area contributed by atoms with Gasteiger partial charge in [-0.3, -0.25) is 4.98 Å². The maximum Gasteiger partial charge on any atom is 0.166 e. The number of benzene rings is 1. The van der Waals surface area contributed by atoms with Crippen molar-refractivity contribution in [1.29, 1.82) is 0 Å². The number of allylic oxidation sites excluding steroid dienone is 4. The Kier molecular flexibility index (Phi) is 8.86. The van der Waals surface area contributed by atoms with Gasteiger partial charge < -0.3 is 4.74 Å². The SMILES string of the molecule is C/C=C\CCCc1ccc(C2CCC(CCC3CC=C(c4ccc(C5CO5)c(F)c4F)CC3)CC2)nc1. The second-order valence-electron chi connectivity index (χ2n) is 11.4. The minimum absolute atomic E-state index is 0.261. The van der Waals surface area contributed by atoms with Crippen LogP contribution in [0.2, 0.25) is 0 Å². The van der Waals surface area contributed by atoms with E-state index in [1.54, 1.807) is 12.1 Å². The van der Waals surface area contributed by atoms with Crippen molar-refractivity contribution >= 4 is 5.57 Å². The Morgan fingerprint density at radius 2 is 1.78 bits per heavy atom. The molecule has 37 heavy (non-hydrogen) atoms. The number of unbranched alkanes of at least 4 members (excludes halogenated alkanes) is 1. The van der Waals surface area contributed by atoms with Crippen LogP contribution in [0, 0.1) is 23.5 Å². The number of hydrogen-bond donors (Lipinski definition) is 0. The van der Waals surface area contributed by atoms with Crippen LogP contribution in [-0.4, -0.2) is 11.6 Å². The van der Waals surface area contributed by atoms with E-state index < -0.39 is 11.6 Å². The van der Waals surface area contributed by atoms with E-state index in [2.05, 4.69) is 43.5 Å². The molecule has 1 aromatic carbocycles. The maximum absolute atomic E-state index is 14.7. The summed E-state index contributed by atoms with van der Waals surface area (Å²) in [5, 5.41) is 0. The molecule has 2 atom stereocenters. The fourth-order valence-electron chi connectivity index (χ4n) is 6.32. The largest absolute Gasteiger partial charge is 0.368 e. The summed E-state index contributed by atoms with van der Waals surface area (Å²) in [7, 11) is 0. The summed E-state index contributed by atoms with van der Waals surface area (Å²) < 4.78 is 34.3. The van der Waals surface area contributed by atoms with E-state index in [0.717, 1.165) is 43.6 Å². The average molecular weight is 506 g/mol. The molecule has 0 N–H and O–H groups in total. The van der Waals surface area contributed by atoms with Gasteiger partial charge in [-0.05, 0) is 107 Å². The molecular weight excluding hydrogens is 464 g/mol. The quantitative estimate of drug-likeness (QED) is 0.183. The number of epoxide rings is 1. The molecule has 2 fully saturated rings. The van der Waals surface area contributed by atoms with Crippen molar-refractivity contribution in [3.8, 4) is 0 Å². The number of nitrogens with zero attached hydrogens (tertiary/aromatic N) is 1. The molecule has 1 saturated heterocycles. The van der Waals surface area contributed by atoms with Gasteiger partial charge in [-0.2, -0.15) is 0 Å². The number of ether oxygens (including phenoxy) is 1. The van der Waals surface area contributed by atoms with Crippen molar-refractivity contribution in [2.75, 3.05) is 6.61 Å². The molecule has 4 heteroatoms. The topological polar surface area (TPSA) is 25.4 Å². The summed E-state index contributed by atoms with van der Waals surface area (Å²) in [5.74, 6) is 0.654. The minimum Gasteiger partial charge on any atom is -0.368 e. The van der Waals surface area contributed by atoms with Gasteiger partial charge in [0.2, 0.25) is 0 Å². The standard InChI is InChI=1S/C33H41F2NO/c1-2-3-4-5-6-25-13-20-30(36-21-25)27-16-11-24(12-17-27)8-7-23-9-14-26(15-10-23)28-18-19-29(31-22-37-31)33(35)32(28)34/h2-3,13-14,18-21,23-24,27,31H,4-12,15-17,22H2,1H3/b3-2-. The predicted octanol–water partition coefficient (Wildman–Crippen LogP) is 9.27. The third kappa shape index (κ3) is 6.76. The van der Waals surface area contributed by atoms with Crippen LogP contribution in [0.5, 0.6) is 0 Å². The first-order chi connectivity index (χ1) is 18.1. The first kappa shape index (κ1) is 26.3. The second kappa shape index (κ2) is 12.5. The zero-order valence-corrected chi connectivity index (χ0v) is 22.2. The number of rotatable bonds is 10. The molecule has 1 aliphatic heterocycles. The van der Waals surface area contributed by atoms with E-state index in [0.29, 0.717) is 29.6 Å². The molecule has 3 aliphatic rings. The summed E-state index contributed by atoms with van der Waals surface area (Å²) in [5.41, 5.74) is 4.39. The Labute approximate surface area is 221 Å². The third-order valence-corrected chi connectivity index (χ3v) is 8.83. The smallest absolute Gasteiger partial charge is 0.166 e. The number of pyridine rings is 1. The summed E-state index contributed by atoms with van der Waals surface area (Å²) in [6, 6.07) is 7.99. The van der Waals surface area contributed by atoms with E-state index in [4.69, 9.17) is 9.72 Å². The summed E-state index contributed by atoms with van der Waals surface area (Å²) in [6.45, 7) is 2.57. The van der Waals surface area contributed by atoms with Crippen molar-refractivity contribution in [3.63, 3.8) is 0 Å². The molecule has 0 bridgehead atoms. The first-order valence-electron chi connectivity index (χ1n) is 14.5. The fourth-order valence-corrected chi connectivity index (χ4v) is 6.32. The molecule has 2 nitrogen and oxygen atoms in total. The summed E-state index contributed by atoms with van der Waals surface area (Å²) >= 11 is 0. The monoisotopic (exact) mass is 505 g/mol. The van der Waals surface area contributed by atoms with E-state index in [9.17, 15) is 8.78 Å². The molecular formula is C33H41F2NO. The lowest BCUT2D eigenvalue weighted by molar-refractivity contribution is 0.280. The van der Waals surface area contributed by atoms with Crippen molar-refractivity contribution in [2.45, 2.75) is 96.0 Å². The molecule has 0 amide bonds. The van der Waals surface area contributed by atoms with Crippen LogP contribution in [-0.2, 0) is 11.2 Å². The molecule has 1 saturated carbocycles. The Morgan fingerprint density at radius 1 is 0.973 bits per heavy atom. The van der Waals surface area contributed by atoms with Gasteiger partial charge in [-0.25, -0.2) is 8.78 Å². The highest BCUT2D eigenvalue weighted by Gasteiger charge is 2.31. The van der Waals surface area contributed by atoms with Gasteiger partial charge in [0.15, 0.2) is 11.6 Å². The van der Waals surface area contributed by atoms with Crippen LogP contribution < -0.4 is 0 Å². The van der Waals surface area contributed by atoms with Gasteiger partial charge in [-0.1, -0.05) is 42.8 Å². The van der Waals surface area contributed by atoms with Crippen LogP contribution in [0.25, 0.3) is 5.57 Å². The molecule has 0 spiro atoms. The molecule has 0 radical (unpaired) electrons. The molecule has 2 aliphatic carbocycles. The molecule has 1 aromatic heterocycles. The average Bonchev–Trinajstić information content (AvgIpc) is 3.78. The zero-order valence-electron chi connectivity index (χ0n) is 22.2. The van der Waals surface area contributed by atoms with E-state index in [1.807, 2.05) is 0 Å². The van der Waals surface area contributed by atoms with Crippen molar-refractivity contribution in [3.05, 3.63) is 82.7 Å². The van der Waals surface area contributed by atoms with E-state index >= 15 is 0 Å². The van der Waals surface area contributed by atoms with Crippen molar-refractivity contribution in [2.24, 2.45) is 11.8 Å². The molecule has 198 valence electrons. The van der Waals surface area contributed by atoms with Crippen molar-refractivity contribution in [1.82, 2.24) is 4.98 Å². The maximum atomic E-state index is 14.7. The van der Waals surface area contributed by atoms with Crippen LogP contribution in [0.1, 0.15) is 112 Å². The third-order valence-electron chi connectivity index (χ3n) is 8.83. The summed E-state index contributed by atoms with van der Waals surface area (Å²) in [6.07, 6.45) is 22.3. The molecule has 5 rings (SSSR count). The minimum atomic E-state index is -0.732. The highest BCUT2D eigenvalue weighted by molar-refractivity contribution is 5.67. The number of aromatic nitrogens is 1. The number of hydrogen-bond acceptors (Lipinski definition) is 2. The van der Waals surface area contributed by atoms with Crippen LogP contribution in [0.3, 0.4) is 0 Å². The number of halogens is 2. The Hall–Kier alpha value is -2.33. The van der Waals surface area contributed by atoms with Gasteiger partial charge in [0.1, 0.15) is 6.10 Å². The molecule has 2 unspecified atom stereocenters. The Balaban J connectivity index is 1.04. The van der Waals surface area contributed by atoms with Crippen LogP contribution >= 0.6 is 0 Å². The van der Waals surface area contributed by atoms with E-state index in [1.165, 1.54) is 56.2 Å².